The molecule has 3 N–H and O–H groups in total. The maximum Gasteiger partial charge on any atom is 0.305 e. The van der Waals surface area contributed by atoms with Gasteiger partial charge in [-0.1, -0.05) is 256 Å². The predicted molar refractivity (Wildman–Crippen MR) is 292 cm³/mol. The molecule has 0 aliphatic heterocycles. The molecule has 0 aromatic carbocycles. The van der Waals surface area contributed by atoms with Gasteiger partial charge in [0.2, 0.25) is 5.91 Å². The molecule has 2 atom stereocenters. The normalized spacial score (nSPS) is 12.8. The zero-order chi connectivity index (χ0) is 48.6. The van der Waals surface area contributed by atoms with Crippen LogP contribution in [0.25, 0.3) is 0 Å². The van der Waals surface area contributed by atoms with Gasteiger partial charge in [0.15, 0.2) is 0 Å². The smallest absolute Gasteiger partial charge is 0.305 e. The molecule has 0 fully saturated rings. The Kier molecular flexibility index (Phi) is 55.0. The fraction of sp³-hybridized carbons (Fsp3) is 0.869. The van der Waals surface area contributed by atoms with E-state index in [0.29, 0.717) is 19.4 Å². The first-order chi connectivity index (χ1) is 33.0. The minimum atomic E-state index is -0.848. The van der Waals surface area contributed by atoms with Gasteiger partial charge in [-0.15, -0.1) is 0 Å². The SMILES string of the molecule is CCCCCCCCC/C=C\CCCCCCCCCC(=O)OCCCCCCCCCCCC/C=C\CCCCCCCCCC(=O)NC(CO)C(O)/C=C/CCCCCCCCCCC. The molecule has 0 saturated carbocycles. The Morgan fingerprint density at radius 1 is 0.403 bits per heavy atom. The van der Waals surface area contributed by atoms with Crippen LogP contribution in [0.3, 0.4) is 0 Å². The standard InChI is InChI=1S/C61H115NO5/c1-3-5-7-9-11-13-15-16-17-18-25-28-31-35-39-43-47-51-55-61(66)67-56-52-48-44-40-36-32-29-26-23-21-19-20-22-24-27-30-34-38-42-46-50-54-60(65)62-58(57-63)59(64)53-49-45-41-37-33-14-12-10-8-6-4-2/h17-18,20,22,49,53,58-59,63-64H,3-16,19,21,23-48,50-52,54-57H2,1-2H3,(H,62,65)/b18-17-,22-20-,53-49+. The van der Waals surface area contributed by atoms with E-state index in [0.717, 1.165) is 51.4 Å². The van der Waals surface area contributed by atoms with E-state index in [-0.39, 0.29) is 18.5 Å². The fourth-order valence-electron chi connectivity index (χ4n) is 9.03. The Bertz CT molecular complexity index is 1090. The number of rotatable bonds is 55. The van der Waals surface area contributed by atoms with Crippen molar-refractivity contribution in [3.63, 3.8) is 0 Å². The summed E-state index contributed by atoms with van der Waals surface area (Å²) >= 11 is 0. The highest BCUT2D eigenvalue weighted by atomic mass is 16.5. The molecule has 0 radical (unpaired) electrons. The van der Waals surface area contributed by atoms with E-state index in [1.54, 1.807) is 6.08 Å². The average Bonchev–Trinajstić information content (AvgIpc) is 3.33. The summed E-state index contributed by atoms with van der Waals surface area (Å²) in [7, 11) is 0. The number of allylic oxidation sites excluding steroid dienone is 5. The van der Waals surface area contributed by atoms with Crippen molar-refractivity contribution in [2.75, 3.05) is 13.2 Å². The highest BCUT2D eigenvalue weighted by Gasteiger charge is 2.18. The summed E-state index contributed by atoms with van der Waals surface area (Å²) in [5.74, 6) is -0.0727. The number of hydrogen-bond acceptors (Lipinski definition) is 5. The van der Waals surface area contributed by atoms with E-state index in [1.165, 1.54) is 238 Å². The molecule has 0 aromatic rings. The van der Waals surface area contributed by atoms with Crippen LogP contribution < -0.4 is 5.32 Å². The summed E-state index contributed by atoms with van der Waals surface area (Å²) in [5.41, 5.74) is 0. The third-order valence-electron chi connectivity index (χ3n) is 13.6. The van der Waals surface area contributed by atoms with Crippen molar-refractivity contribution in [1.29, 1.82) is 0 Å². The second-order valence-corrected chi connectivity index (χ2v) is 20.3. The van der Waals surface area contributed by atoms with E-state index >= 15 is 0 Å². The number of amides is 1. The Balaban J connectivity index is 3.41. The van der Waals surface area contributed by atoms with E-state index in [9.17, 15) is 19.8 Å². The third kappa shape index (κ3) is 53.3. The molecule has 0 spiro atoms. The van der Waals surface area contributed by atoms with Crippen LogP contribution >= 0.6 is 0 Å². The van der Waals surface area contributed by atoms with Gasteiger partial charge in [-0.05, 0) is 83.5 Å². The molecule has 0 aliphatic carbocycles. The zero-order valence-electron chi connectivity index (χ0n) is 44.9. The van der Waals surface area contributed by atoms with E-state index in [1.807, 2.05) is 6.08 Å². The minimum Gasteiger partial charge on any atom is -0.466 e. The maximum absolute atomic E-state index is 12.4. The number of aliphatic hydroxyl groups is 2. The maximum atomic E-state index is 12.4. The van der Waals surface area contributed by atoms with Crippen LogP contribution in [-0.4, -0.2) is 47.4 Å². The summed E-state index contributed by atoms with van der Waals surface area (Å²) in [4.78, 5) is 24.5. The molecule has 0 aromatic heterocycles. The van der Waals surface area contributed by atoms with Crippen LogP contribution in [0.2, 0.25) is 0 Å². The number of hydrogen-bond donors (Lipinski definition) is 3. The summed E-state index contributed by atoms with van der Waals surface area (Å²) in [6, 6.07) is -0.632. The van der Waals surface area contributed by atoms with Crippen LogP contribution in [0.1, 0.15) is 316 Å². The molecule has 0 heterocycles. The Morgan fingerprint density at radius 2 is 0.701 bits per heavy atom. The van der Waals surface area contributed by atoms with Crippen LogP contribution in [0.4, 0.5) is 0 Å². The molecule has 0 saturated heterocycles. The Labute approximate surface area is 417 Å². The summed E-state index contributed by atoms with van der Waals surface area (Å²) in [6.45, 7) is 4.89. The summed E-state index contributed by atoms with van der Waals surface area (Å²) in [5, 5.41) is 23.0. The molecular weight excluding hydrogens is 827 g/mol. The quantitative estimate of drug-likeness (QED) is 0.0321. The van der Waals surface area contributed by atoms with E-state index < -0.39 is 12.1 Å². The van der Waals surface area contributed by atoms with Gasteiger partial charge in [-0.25, -0.2) is 0 Å². The molecule has 0 aliphatic rings. The molecule has 1 amide bonds. The largest absolute Gasteiger partial charge is 0.466 e. The highest BCUT2D eigenvalue weighted by molar-refractivity contribution is 5.76. The van der Waals surface area contributed by atoms with Crippen molar-refractivity contribution in [2.45, 2.75) is 328 Å². The van der Waals surface area contributed by atoms with Crippen molar-refractivity contribution in [3.8, 4) is 0 Å². The second kappa shape index (κ2) is 56.7. The summed E-state index contributed by atoms with van der Waals surface area (Å²) < 4.78 is 5.49. The lowest BCUT2D eigenvalue weighted by atomic mass is 10.0. The van der Waals surface area contributed by atoms with Gasteiger partial charge in [-0.3, -0.25) is 9.59 Å². The van der Waals surface area contributed by atoms with Crippen LogP contribution in [0, 0.1) is 0 Å². The van der Waals surface area contributed by atoms with Crippen molar-refractivity contribution >= 4 is 11.9 Å². The fourth-order valence-corrected chi connectivity index (χ4v) is 9.03. The molecule has 67 heavy (non-hydrogen) atoms. The molecule has 0 bridgehead atoms. The highest BCUT2D eigenvalue weighted by Crippen LogP contribution is 2.16. The van der Waals surface area contributed by atoms with Crippen molar-refractivity contribution in [2.24, 2.45) is 0 Å². The van der Waals surface area contributed by atoms with Crippen molar-refractivity contribution < 1.29 is 24.5 Å². The van der Waals surface area contributed by atoms with Gasteiger partial charge in [-0.2, -0.15) is 0 Å². The van der Waals surface area contributed by atoms with Gasteiger partial charge in [0, 0.05) is 12.8 Å². The number of ether oxygens (including phenoxy) is 1. The Morgan fingerprint density at radius 3 is 1.06 bits per heavy atom. The van der Waals surface area contributed by atoms with Gasteiger partial charge in [0.25, 0.3) is 0 Å². The number of carbonyl (C=O) groups is 2. The predicted octanol–water partition coefficient (Wildman–Crippen LogP) is 18.4. The van der Waals surface area contributed by atoms with E-state index in [2.05, 4.69) is 43.5 Å². The molecule has 0 rings (SSSR count). The first kappa shape index (κ1) is 65.1. The lowest BCUT2D eigenvalue weighted by molar-refractivity contribution is -0.143. The molecule has 6 nitrogen and oxygen atoms in total. The number of carbonyl (C=O) groups excluding carboxylic acids is 2. The zero-order valence-corrected chi connectivity index (χ0v) is 44.9. The first-order valence-corrected chi connectivity index (χ1v) is 29.8. The van der Waals surface area contributed by atoms with E-state index in [4.69, 9.17) is 4.74 Å². The van der Waals surface area contributed by atoms with Gasteiger partial charge in [0.05, 0.1) is 25.4 Å². The number of esters is 1. The Hall–Kier alpha value is -1.92. The topological polar surface area (TPSA) is 95.9 Å². The molecular formula is C61H115NO5. The lowest BCUT2D eigenvalue weighted by Gasteiger charge is -2.20. The van der Waals surface area contributed by atoms with Crippen molar-refractivity contribution in [3.05, 3.63) is 36.5 Å². The van der Waals surface area contributed by atoms with Crippen LogP contribution in [-0.2, 0) is 14.3 Å². The molecule has 6 heteroatoms. The lowest BCUT2D eigenvalue weighted by Crippen LogP contribution is -2.45. The molecule has 394 valence electrons. The van der Waals surface area contributed by atoms with Gasteiger partial charge in [0.1, 0.15) is 0 Å². The summed E-state index contributed by atoms with van der Waals surface area (Å²) in [6.07, 6.45) is 70.3. The van der Waals surface area contributed by atoms with Crippen LogP contribution in [0.5, 0.6) is 0 Å². The molecule has 2 unspecified atom stereocenters. The third-order valence-corrected chi connectivity index (χ3v) is 13.6. The minimum absolute atomic E-state index is 0.00441. The second-order valence-electron chi connectivity index (χ2n) is 20.3. The monoisotopic (exact) mass is 942 g/mol. The number of nitrogens with one attached hydrogen (secondary N) is 1. The van der Waals surface area contributed by atoms with Crippen LogP contribution in [0.15, 0.2) is 36.5 Å². The number of aliphatic hydroxyl groups excluding tert-OH is 2. The van der Waals surface area contributed by atoms with Crippen molar-refractivity contribution in [1.82, 2.24) is 5.32 Å². The van der Waals surface area contributed by atoms with Gasteiger partial charge >= 0.3 is 5.97 Å². The first-order valence-electron chi connectivity index (χ1n) is 29.8. The van der Waals surface area contributed by atoms with Gasteiger partial charge < -0.3 is 20.3 Å². The number of unbranched alkanes of at least 4 members (excludes halogenated alkanes) is 40. The average molecular weight is 943 g/mol.